The van der Waals surface area contributed by atoms with E-state index in [9.17, 15) is 22.8 Å². The van der Waals surface area contributed by atoms with Crippen molar-refractivity contribution in [2.45, 2.75) is 6.18 Å². The zero-order valence-corrected chi connectivity index (χ0v) is 12.9. The highest BCUT2D eigenvalue weighted by Crippen LogP contribution is 2.30. The highest BCUT2D eigenvalue weighted by atomic mass is 19.4. The maximum atomic E-state index is 12.6. The number of carbonyl (C=O) groups is 2. The first-order valence-electron chi connectivity index (χ1n) is 7.43. The summed E-state index contributed by atoms with van der Waals surface area (Å²) in [6.45, 7) is 3.62. The Morgan fingerprint density at radius 3 is 2.54 bits per heavy atom. The minimum Gasteiger partial charge on any atom is -0.379 e. The number of rotatable bonds is 4. The number of ether oxygens (including phenoxy) is 1. The van der Waals surface area contributed by atoms with Crippen molar-refractivity contribution in [3.05, 3.63) is 29.8 Å². The minimum atomic E-state index is -4.51. The van der Waals surface area contributed by atoms with Gasteiger partial charge in [0.05, 0.1) is 18.8 Å². The third-order valence-electron chi connectivity index (χ3n) is 3.47. The number of hydrogen-bond acceptors (Lipinski definition) is 4. The van der Waals surface area contributed by atoms with Crippen molar-refractivity contribution >= 4 is 17.5 Å². The highest BCUT2D eigenvalue weighted by Gasteiger charge is 2.30. The number of carbonyl (C=O) groups excluding carboxylic acids is 2. The molecule has 0 aliphatic carbocycles. The van der Waals surface area contributed by atoms with Crippen molar-refractivity contribution in [2.75, 3.05) is 44.7 Å². The zero-order valence-electron chi connectivity index (χ0n) is 12.9. The van der Waals surface area contributed by atoms with Crippen LogP contribution in [0.15, 0.2) is 24.3 Å². The number of hydrogen-bond donors (Lipinski definition) is 2. The Hall–Kier alpha value is -2.13. The van der Waals surface area contributed by atoms with Crippen molar-refractivity contribution in [2.24, 2.45) is 0 Å². The van der Waals surface area contributed by atoms with Gasteiger partial charge in [0.1, 0.15) is 0 Å². The number of amides is 2. The number of nitrogens with one attached hydrogen (secondary N) is 2. The number of nitrogens with zero attached hydrogens (tertiary/aromatic N) is 1. The first-order valence-corrected chi connectivity index (χ1v) is 7.43. The molecule has 0 saturated carbocycles. The molecule has 1 fully saturated rings. The van der Waals surface area contributed by atoms with E-state index in [-0.39, 0.29) is 12.2 Å². The Balaban J connectivity index is 1.80. The SMILES string of the molecule is O=C(NCCN1CCOCC1)C(=O)Nc1cccc(C(F)(F)F)c1. The summed E-state index contributed by atoms with van der Waals surface area (Å²) < 4.78 is 43.0. The van der Waals surface area contributed by atoms with Crippen molar-refractivity contribution in [3.8, 4) is 0 Å². The summed E-state index contributed by atoms with van der Waals surface area (Å²) in [6, 6.07) is 4.11. The third-order valence-corrected chi connectivity index (χ3v) is 3.47. The Bertz CT molecular complexity index is 587. The average Bonchev–Trinajstić information content (AvgIpc) is 2.55. The van der Waals surface area contributed by atoms with Crippen LogP contribution >= 0.6 is 0 Å². The molecule has 0 spiro atoms. The van der Waals surface area contributed by atoms with Crippen LogP contribution in [-0.4, -0.2) is 56.1 Å². The van der Waals surface area contributed by atoms with E-state index in [0.29, 0.717) is 19.8 Å². The fraction of sp³-hybridized carbons (Fsp3) is 0.467. The summed E-state index contributed by atoms with van der Waals surface area (Å²) in [7, 11) is 0. The van der Waals surface area contributed by atoms with Gasteiger partial charge in [-0.3, -0.25) is 14.5 Å². The van der Waals surface area contributed by atoms with Crippen LogP contribution in [0.2, 0.25) is 0 Å². The Morgan fingerprint density at radius 2 is 1.88 bits per heavy atom. The number of alkyl halides is 3. The van der Waals surface area contributed by atoms with E-state index in [4.69, 9.17) is 4.74 Å². The van der Waals surface area contributed by atoms with Crippen LogP contribution in [0.25, 0.3) is 0 Å². The molecule has 0 bridgehead atoms. The van der Waals surface area contributed by atoms with Gasteiger partial charge in [0.15, 0.2) is 0 Å². The summed E-state index contributed by atoms with van der Waals surface area (Å²) in [5.74, 6) is -1.89. The van der Waals surface area contributed by atoms with E-state index in [1.165, 1.54) is 6.07 Å². The third kappa shape index (κ3) is 5.50. The van der Waals surface area contributed by atoms with Crippen LogP contribution in [-0.2, 0) is 20.5 Å². The first kappa shape index (κ1) is 18.2. The zero-order chi connectivity index (χ0) is 17.6. The van der Waals surface area contributed by atoms with Crippen molar-refractivity contribution in [3.63, 3.8) is 0 Å². The predicted octanol–water partition coefficient (Wildman–Crippen LogP) is 1.09. The molecule has 2 amide bonds. The molecule has 6 nitrogen and oxygen atoms in total. The number of anilines is 1. The van der Waals surface area contributed by atoms with Gasteiger partial charge in [-0.05, 0) is 18.2 Å². The molecule has 1 aliphatic rings. The minimum absolute atomic E-state index is 0.0850. The maximum Gasteiger partial charge on any atom is 0.416 e. The van der Waals surface area contributed by atoms with Gasteiger partial charge in [-0.2, -0.15) is 13.2 Å². The summed E-state index contributed by atoms with van der Waals surface area (Å²) in [5.41, 5.74) is -0.980. The number of morpholine rings is 1. The second-order valence-corrected chi connectivity index (χ2v) is 5.24. The van der Waals surface area contributed by atoms with Gasteiger partial charge in [-0.25, -0.2) is 0 Å². The molecule has 2 N–H and O–H groups in total. The maximum absolute atomic E-state index is 12.6. The normalized spacial score (nSPS) is 15.8. The van der Waals surface area contributed by atoms with Gasteiger partial charge in [-0.1, -0.05) is 6.07 Å². The molecule has 0 radical (unpaired) electrons. The second kappa shape index (κ2) is 8.11. The quantitative estimate of drug-likeness (QED) is 0.802. The van der Waals surface area contributed by atoms with Crippen molar-refractivity contribution in [1.82, 2.24) is 10.2 Å². The fourth-order valence-corrected chi connectivity index (χ4v) is 2.19. The number of halogens is 3. The molecule has 1 saturated heterocycles. The summed E-state index contributed by atoms with van der Waals surface area (Å²) in [6.07, 6.45) is -4.51. The van der Waals surface area contributed by atoms with Gasteiger partial charge >= 0.3 is 18.0 Å². The van der Waals surface area contributed by atoms with Crippen LogP contribution < -0.4 is 10.6 Å². The van der Waals surface area contributed by atoms with E-state index in [1.807, 2.05) is 0 Å². The lowest BCUT2D eigenvalue weighted by molar-refractivity contribution is -0.137. The summed E-state index contributed by atoms with van der Waals surface area (Å²) >= 11 is 0. The fourth-order valence-electron chi connectivity index (χ4n) is 2.19. The van der Waals surface area contributed by atoms with Gasteiger partial charge in [0.25, 0.3) is 0 Å². The van der Waals surface area contributed by atoms with E-state index in [2.05, 4.69) is 15.5 Å². The molecular formula is C15H18F3N3O3. The molecule has 132 valence electrons. The van der Waals surface area contributed by atoms with Crippen molar-refractivity contribution in [1.29, 1.82) is 0 Å². The first-order chi connectivity index (χ1) is 11.4. The predicted molar refractivity (Wildman–Crippen MR) is 80.3 cm³/mol. The smallest absolute Gasteiger partial charge is 0.379 e. The second-order valence-electron chi connectivity index (χ2n) is 5.24. The molecule has 0 atom stereocenters. The average molecular weight is 345 g/mol. The van der Waals surface area contributed by atoms with E-state index in [0.717, 1.165) is 31.3 Å². The molecule has 1 heterocycles. The Kier molecular flexibility index (Phi) is 6.16. The van der Waals surface area contributed by atoms with Crippen LogP contribution in [0, 0.1) is 0 Å². The van der Waals surface area contributed by atoms with E-state index < -0.39 is 23.6 Å². The van der Waals surface area contributed by atoms with Crippen LogP contribution in [0.5, 0.6) is 0 Å². The van der Waals surface area contributed by atoms with Crippen molar-refractivity contribution < 1.29 is 27.5 Å². The van der Waals surface area contributed by atoms with Crippen LogP contribution in [0.1, 0.15) is 5.56 Å². The van der Waals surface area contributed by atoms with Crippen LogP contribution in [0.3, 0.4) is 0 Å². The molecule has 24 heavy (non-hydrogen) atoms. The molecule has 1 aromatic rings. The molecule has 1 aliphatic heterocycles. The Morgan fingerprint density at radius 1 is 1.17 bits per heavy atom. The van der Waals surface area contributed by atoms with E-state index in [1.54, 1.807) is 0 Å². The molecule has 9 heteroatoms. The molecule has 1 aromatic carbocycles. The molecule has 0 aromatic heterocycles. The van der Waals surface area contributed by atoms with Gasteiger partial charge in [0.2, 0.25) is 0 Å². The monoisotopic (exact) mass is 345 g/mol. The largest absolute Gasteiger partial charge is 0.416 e. The molecule has 0 unspecified atom stereocenters. The standard InChI is InChI=1S/C15H18F3N3O3/c16-15(17,18)11-2-1-3-12(10-11)20-14(23)13(22)19-4-5-21-6-8-24-9-7-21/h1-3,10H,4-9H2,(H,19,22)(H,20,23). The van der Waals surface area contributed by atoms with Gasteiger partial charge < -0.3 is 15.4 Å². The van der Waals surface area contributed by atoms with Gasteiger partial charge in [-0.15, -0.1) is 0 Å². The topological polar surface area (TPSA) is 70.7 Å². The summed E-state index contributed by atoms with van der Waals surface area (Å²) in [4.78, 5) is 25.5. The van der Waals surface area contributed by atoms with Gasteiger partial charge in [0, 0.05) is 31.9 Å². The summed E-state index contributed by atoms with van der Waals surface area (Å²) in [5, 5.41) is 4.60. The highest BCUT2D eigenvalue weighted by molar-refractivity contribution is 6.39. The number of benzene rings is 1. The lowest BCUT2D eigenvalue weighted by Crippen LogP contribution is -2.43. The lowest BCUT2D eigenvalue weighted by Gasteiger charge is -2.26. The molecule has 2 rings (SSSR count). The Labute approximate surface area is 137 Å². The van der Waals surface area contributed by atoms with Crippen LogP contribution in [0.4, 0.5) is 18.9 Å². The van der Waals surface area contributed by atoms with E-state index >= 15 is 0 Å². The lowest BCUT2D eigenvalue weighted by atomic mass is 10.2. The molecular weight excluding hydrogens is 327 g/mol.